The Morgan fingerprint density at radius 1 is 1.39 bits per heavy atom. The highest BCUT2D eigenvalue weighted by molar-refractivity contribution is 7.88. The Kier molecular flexibility index (Phi) is 5.26. The van der Waals surface area contributed by atoms with Gasteiger partial charge in [0.05, 0.1) is 12.9 Å². The van der Waals surface area contributed by atoms with Crippen LogP contribution in [-0.4, -0.2) is 34.1 Å². The lowest BCUT2D eigenvalue weighted by Gasteiger charge is -2.14. The monoisotopic (exact) mass is 272 g/mol. The first-order valence-electron chi connectivity index (χ1n) is 5.30. The van der Waals surface area contributed by atoms with Gasteiger partial charge in [0.25, 0.3) is 0 Å². The average molecular weight is 272 g/mol. The van der Waals surface area contributed by atoms with Gasteiger partial charge in [-0.3, -0.25) is 4.79 Å². The smallest absolute Gasteiger partial charge is 0.325 e. The Balaban J connectivity index is 2.73. The predicted octanol–water partition coefficient (Wildman–Crippen LogP) is -0.394. The Hall–Kier alpha value is -1.44. The molecule has 0 aliphatic carbocycles. The van der Waals surface area contributed by atoms with E-state index in [0.29, 0.717) is 5.56 Å². The molecule has 0 amide bonds. The lowest BCUT2D eigenvalue weighted by molar-refractivity contribution is -0.142. The zero-order chi connectivity index (χ0) is 13.6. The Labute approximate surface area is 106 Å². The lowest BCUT2D eigenvalue weighted by Crippen LogP contribution is -2.46. The van der Waals surface area contributed by atoms with Gasteiger partial charge in [-0.25, -0.2) is 8.42 Å². The zero-order valence-corrected chi connectivity index (χ0v) is 10.8. The molecular weight excluding hydrogens is 256 g/mol. The molecule has 100 valence electrons. The van der Waals surface area contributed by atoms with Crippen molar-refractivity contribution in [1.82, 2.24) is 4.72 Å². The van der Waals surface area contributed by atoms with Gasteiger partial charge in [-0.15, -0.1) is 0 Å². The maximum absolute atomic E-state index is 11.8. The van der Waals surface area contributed by atoms with Crippen LogP contribution >= 0.6 is 0 Å². The summed E-state index contributed by atoms with van der Waals surface area (Å²) in [5.41, 5.74) is 5.95. The van der Waals surface area contributed by atoms with Crippen molar-refractivity contribution in [3.8, 4) is 0 Å². The summed E-state index contributed by atoms with van der Waals surface area (Å²) in [5, 5.41) is 0. The molecule has 0 aliphatic heterocycles. The van der Waals surface area contributed by atoms with Crippen molar-refractivity contribution >= 4 is 16.0 Å². The molecule has 1 atom stereocenters. The van der Waals surface area contributed by atoms with Crippen LogP contribution in [0.3, 0.4) is 0 Å². The maximum atomic E-state index is 11.8. The molecule has 0 saturated heterocycles. The molecule has 18 heavy (non-hydrogen) atoms. The molecule has 0 heterocycles. The van der Waals surface area contributed by atoms with Gasteiger partial charge >= 0.3 is 5.97 Å². The number of ether oxygens (including phenoxy) is 1. The standard InChI is InChI=1S/C11H16N2O4S/c1-17-11(14)10(7-12)13-18(15,16)8-9-5-3-2-4-6-9/h2-6,10,13H,7-8,12H2,1H3/t10-/m0/s1. The summed E-state index contributed by atoms with van der Waals surface area (Å²) < 4.78 is 30.3. The van der Waals surface area contributed by atoms with Gasteiger partial charge in [-0.2, -0.15) is 4.72 Å². The molecule has 1 aromatic carbocycles. The van der Waals surface area contributed by atoms with Crippen molar-refractivity contribution in [3.05, 3.63) is 35.9 Å². The van der Waals surface area contributed by atoms with E-state index < -0.39 is 22.0 Å². The minimum Gasteiger partial charge on any atom is -0.468 e. The van der Waals surface area contributed by atoms with Crippen LogP contribution in [0.1, 0.15) is 5.56 Å². The summed E-state index contributed by atoms with van der Waals surface area (Å²) in [4.78, 5) is 11.2. The lowest BCUT2D eigenvalue weighted by atomic mass is 10.2. The van der Waals surface area contributed by atoms with Gasteiger partial charge in [-0.1, -0.05) is 30.3 Å². The molecule has 0 aliphatic rings. The second-order valence-electron chi connectivity index (χ2n) is 3.67. The molecule has 3 N–H and O–H groups in total. The minimum atomic E-state index is -3.63. The molecule has 6 nitrogen and oxygen atoms in total. The van der Waals surface area contributed by atoms with Gasteiger partial charge in [0.2, 0.25) is 10.0 Å². The number of carbonyl (C=O) groups is 1. The minimum absolute atomic E-state index is 0.152. The number of benzene rings is 1. The summed E-state index contributed by atoms with van der Waals surface area (Å²) in [7, 11) is -2.45. The van der Waals surface area contributed by atoms with Gasteiger partial charge in [-0.05, 0) is 5.56 Å². The van der Waals surface area contributed by atoms with E-state index in [0.717, 1.165) is 0 Å². The van der Waals surface area contributed by atoms with E-state index in [9.17, 15) is 13.2 Å². The molecule has 1 aromatic rings. The number of carbonyl (C=O) groups excluding carboxylic acids is 1. The second-order valence-corrected chi connectivity index (χ2v) is 5.43. The zero-order valence-electron chi connectivity index (χ0n) is 10.00. The van der Waals surface area contributed by atoms with Crippen LogP contribution in [-0.2, 0) is 25.3 Å². The summed E-state index contributed by atoms with van der Waals surface area (Å²) >= 11 is 0. The van der Waals surface area contributed by atoms with Crippen molar-refractivity contribution in [3.63, 3.8) is 0 Å². The molecular formula is C11H16N2O4S. The molecule has 1 rings (SSSR count). The molecule has 0 saturated carbocycles. The normalized spacial score (nSPS) is 13.0. The van der Waals surface area contributed by atoms with Crippen molar-refractivity contribution in [2.45, 2.75) is 11.8 Å². The number of hydrogen-bond donors (Lipinski definition) is 2. The van der Waals surface area contributed by atoms with Crippen LogP contribution < -0.4 is 10.5 Å². The van der Waals surface area contributed by atoms with E-state index in [1.54, 1.807) is 30.3 Å². The second kappa shape index (κ2) is 6.48. The van der Waals surface area contributed by atoms with Crippen LogP contribution in [0.15, 0.2) is 30.3 Å². The molecule has 0 unspecified atom stereocenters. The summed E-state index contributed by atoms with van der Waals surface area (Å²) in [6, 6.07) is 7.60. The Morgan fingerprint density at radius 3 is 2.50 bits per heavy atom. The largest absolute Gasteiger partial charge is 0.468 e. The van der Waals surface area contributed by atoms with E-state index in [1.807, 2.05) is 0 Å². The SMILES string of the molecule is COC(=O)[C@H](CN)NS(=O)(=O)Cc1ccccc1. The molecule has 0 spiro atoms. The molecule has 0 aromatic heterocycles. The van der Waals surface area contributed by atoms with Crippen molar-refractivity contribution < 1.29 is 17.9 Å². The number of sulfonamides is 1. The third-order valence-electron chi connectivity index (χ3n) is 2.24. The first-order valence-corrected chi connectivity index (χ1v) is 6.95. The predicted molar refractivity (Wildman–Crippen MR) is 67.1 cm³/mol. The van der Waals surface area contributed by atoms with E-state index in [1.165, 1.54) is 7.11 Å². The Bertz CT molecular complexity index is 487. The Morgan fingerprint density at radius 2 is 2.00 bits per heavy atom. The van der Waals surface area contributed by atoms with E-state index in [4.69, 9.17) is 5.73 Å². The number of esters is 1. The van der Waals surface area contributed by atoms with Crippen molar-refractivity contribution in [2.75, 3.05) is 13.7 Å². The van der Waals surface area contributed by atoms with Gasteiger partial charge in [0.1, 0.15) is 6.04 Å². The fraction of sp³-hybridized carbons (Fsp3) is 0.364. The topological polar surface area (TPSA) is 98.5 Å². The highest BCUT2D eigenvalue weighted by Gasteiger charge is 2.23. The van der Waals surface area contributed by atoms with Gasteiger partial charge < -0.3 is 10.5 Å². The molecule has 0 bridgehead atoms. The number of hydrogen-bond acceptors (Lipinski definition) is 5. The van der Waals surface area contributed by atoms with Crippen molar-refractivity contribution in [2.24, 2.45) is 5.73 Å². The molecule has 7 heteroatoms. The van der Waals surface area contributed by atoms with E-state index >= 15 is 0 Å². The summed E-state index contributed by atoms with van der Waals surface area (Å²) in [6.45, 7) is -0.152. The fourth-order valence-corrected chi connectivity index (χ4v) is 2.73. The van der Waals surface area contributed by atoms with Crippen LogP contribution in [0.4, 0.5) is 0 Å². The summed E-state index contributed by atoms with van der Waals surface area (Å²) in [6.07, 6.45) is 0. The van der Waals surface area contributed by atoms with Crippen LogP contribution in [0.2, 0.25) is 0 Å². The van der Waals surface area contributed by atoms with E-state index in [-0.39, 0.29) is 12.3 Å². The molecule has 0 fully saturated rings. The first kappa shape index (κ1) is 14.6. The van der Waals surface area contributed by atoms with E-state index in [2.05, 4.69) is 9.46 Å². The van der Waals surface area contributed by atoms with Crippen LogP contribution in [0.25, 0.3) is 0 Å². The average Bonchev–Trinajstić information content (AvgIpc) is 2.35. The third kappa shape index (κ3) is 4.44. The first-order chi connectivity index (χ1) is 8.48. The fourth-order valence-electron chi connectivity index (χ4n) is 1.39. The molecule has 0 radical (unpaired) electrons. The summed E-state index contributed by atoms with van der Waals surface area (Å²) in [5.74, 6) is -0.907. The van der Waals surface area contributed by atoms with Crippen LogP contribution in [0, 0.1) is 0 Å². The maximum Gasteiger partial charge on any atom is 0.325 e. The number of nitrogens with one attached hydrogen (secondary N) is 1. The number of rotatable bonds is 6. The third-order valence-corrected chi connectivity index (χ3v) is 3.60. The highest BCUT2D eigenvalue weighted by atomic mass is 32.2. The van der Waals surface area contributed by atoms with Crippen LogP contribution in [0.5, 0.6) is 0 Å². The number of nitrogens with two attached hydrogens (primary N) is 1. The number of methoxy groups -OCH3 is 1. The van der Waals surface area contributed by atoms with Gasteiger partial charge in [0.15, 0.2) is 0 Å². The van der Waals surface area contributed by atoms with Gasteiger partial charge in [0, 0.05) is 6.54 Å². The highest BCUT2D eigenvalue weighted by Crippen LogP contribution is 2.04. The quantitative estimate of drug-likeness (QED) is 0.687. The van der Waals surface area contributed by atoms with Crippen molar-refractivity contribution in [1.29, 1.82) is 0 Å².